The number of nitrogens with zero attached hydrogens (tertiary/aromatic N) is 1. The van der Waals surface area contributed by atoms with Gasteiger partial charge in [0.05, 0.1) is 5.54 Å². The maximum Gasteiger partial charge on any atom is 0.326 e. The summed E-state index contributed by atoms with van der Waals surface area (Å²) in [4.78, 5) is 13.9. The van der Waals surface area contributed by atoms with Gasteiger partial charge < -0.3 is 10.0 Å². The Morgan fingerprint density at radius 2 is 2.09 bits per heavy atom. The van der Waals surface area contributed by atoms with Gasteiger partial charge in [-0.05, 0) is 51.0 Å². The topological polar surface area (TPSA) is 40.5 Å². The number of carboxylic acids is 1. The first-order valence-electron chi connectivity index (χ1n) is 7.79. The first-order valence-corrected chi connectivity index (χ1v) is 8.17. The van der Waals surface area contributed by atoms with Crippen LogP contribution in [0.15, 0.2) is 24.3 Å². The van der Waals surface area contributed by atoms with Crippen LogP contribution in [-0.4, -0.2) is 22.7 Å². The van der Waals surface area contributed by atoms with E-state index >= 15 is 0 Å². The van der Waals surface area contributed by atoms with E-state index in [0.29, 0.717) is 11.4 Å². The summed E-state index contributed by atoms with van der Waals surface area (Å²) in [6.45, 7) is 8.26. The zero-order valence-electron chi connectivity index (χ0n) is 13.7. The van der Waals surface area contributed by atoms with E-state index in [-0.39, 0.29) is 5.54 Å². The van der Waals surface area contributed by atoms with Crippen LogP contribution in [0.25, 0.3) is 5.57 Å². The number of anilines is 1. The van der Waals surface area contributed by atoms with Crippen molar-refractivity contribution in [2.45, 2.75) is 58.5 Å². The first kappa shape index (κ1) is 16.9. The number of hydrogen-bond acceptors (Lipinski definition) is 2. The molecule has 1 aromatic carbocycles. The lowest BCUT2D eigenvalue weighted by Gasteiger charge is -2.46. The third-order valence-corrected chi connectivity index (χ3v) is 4.50. The van der Waals surface area contributed by atoms with Gasteiger partial charge in [-0.2, -0.15) is 0 Å². The minimum absolute atomic E-state index is 0.346. The molecule has 120 valence electrons. The molecule has 0 amide bonds. The molecule has 1 aromatic rings. The molecule has 0 aromatic heterocycles. The molecule has 1 N–H and O–H groups in total. The minimum atomic E-state index is -0.768. The van der Waals surface area contributed by atoms with Crippen molar-refractivity contribution in [1.82, 2.24) is 0 Å². The minimum Gasteiger partial charge on any atom is -0.480 e. The Morgan fingerprint density at radius 3 is 2.68 bits per heavy atom. The van der Waals surface area contributed by atoms with Crippen molar-refractivity contribution in [3.05, 3.63) is 34.9 Å². The van der Waals surface area contributed by atoms with Gasteiger partial charge in [-0.3, -0.25) is 0 Å². The molecule has 0 saturated carbocycles. The van der Waals surface area contributed by atoms with Crippen molar-refractivity contribution in [3.8, 4) is 0 Å². The lowest BCUT2D eigenvalue weighted by Crippen LogP contribution is -2.54. The molecular formula is C18H24ClNO2. The number of unbranched alkanes of at least 4 members (excludes halogenated alkanes) is 1. The van der Waals surface area contributed by atoms with Gasteiger partial charge in [0, 0.05) is 16.3 Å². The van der Waals surface area contributed by atoms with E-state index in [1.165, 1.54) is 0 Å². The number of halogens is 1. The number of aliphatic carboxylic acids is 1. The van der Waals surface area contributed by atoms with Crippen LogP contribution < -0.4 is 4.90 Å². The quantitative estimate of drug-likeness (QED) is 0.831. The second-order valence-corrected chi connectivity index (χ2v) is 6.95. The van der Waals surface area contributed by atoms with Crippen LogP contribution in [0.2, 0.25) is 5.02 Å². The molecule has 0 radical (unpaired) electrons. The maximum atomic E-state index is 11.9. The summed E-state index contributed by atoms with van der Waals surface area (Å²) in [6, 6.07) is 5.17. The fourth-order valence-corrected chi connectivity index (χ4v) is 3.52. The van der Waals surface area contributed by atoms with Crippen LogP contribution in [0.5, 0.6) is 0 Å². The Labute approximate surface area is 137 Å². The standard InChI is InChI=1S/C18H24ClNO2/c1-5-6-7-16(17(21)22)20-15-9-8-13(19)10-14(15)12(2)11-18(20,3)4/h8-11,16H,5-7H2,1-4H3,(H,21,22). The van der Waals surface area contributed by atoms with Crippen molar-refractivity contribution in [2.24, 2.45) is 0 Å². The van der Waals surface area contributed by atoms with Crippen molar-refractivity contribution in [1.29, 1.82) is 0 Å². The van der Waals surface area contributed by atoms with Gasteiger partial charge in [-0.15, -0.1) is 0 Å². The smallest absolute Gasteiger partial charge is 0.326 e. The van der Waals surface area contributed by atoms with E-state index in [1.807, 2.05) is 23.1 Å². The molecule has 1 unspecified atom stereocenters. The van der Waals surface area contributed by atoms with E-state index in [1.54, 1.807) is 0 Å². The van der Waals surface area contributed by atoms with Gasteiger partial charge in [0.2, 0.25) is 0 Å². The molecule has 0 bridgehead atoms. The van der Waals surface area contributed by atoms with E-state index in [9.17, 15) is 9.90 Å². The van der Waals surface area contributed by atoms with Crippen LogP contribution >= 0.6 is 11.6 Å². The lowest BCUT2D eigenvalue weighted by molar-refractivity contribution is -0.139. The molecule has 1 heterocycles. The third kappa shape index (κ3) is 3.14. The predicted octanol–water partition coefficient (Wildman–Crippen LogP) is 4.99. The summed E-state index contributed by atoms with van der Waals surface area (Å²) in [5, 5.41) is 10.4. The summed E-state index contributed by atoms with van der Waals surface area (Å²) in [5.74, 6) is -0.768. The number of hydrogen-bond donors (Lipinski definition) is 1. The number of rotatable bonds is 5. The highest BCUT2D eigenvalue weighted by Crippen LogP contribution is 2.42. The molecule has 22 heavy (non-hydrogen) atoms. The molecule has 0 saturated heterocycles. The van der Waals surface area contributed by atoms with E-state index in [4.69, 9.17) is 11.6 Å². The Morgan fingerprint density at radius 1 is 1.41 bits per heavy atom. The molecule has 1 aliphatic rings. The molecule has 1 atom stereocenters. The SMILES string of the molecule is CCCCC(C(=O)O)N1c2ccc(Cl)cc2C(C)=CC1(C)C. The Bertz CT molecular complexity index is 607. The van der Waals surface area contributed by atoms with Gasteiger partial charge in [-0.1, -0.05) is 37.4 Å². The van der Waals surface area contributed by atoms with Gasteiger partial charge in [0.25, 0.3) is 0 Å². The molecule has 2 rings (SSSR count). The largest absolute Gasteiger partial charge is 0.480 e. The summed E-state index contributed by atoms with van der Waals surface area (Å²) >= 11 is 6.12. The zero-order chi connectivity index (χ0) is 16.5. The van der Waals surface area contributed by atoms with Gasteiger partial charge in [0.15, 0.2) is 0 Å². The van der Waals surface area contributed by atoms with Crippen LogP contribution in [0.4, 0.5) is 5.69 Å². The Hall–Kier alpha value is -1.48. The normalized spacial score (nSPS) is 17.7. The van der Waals surface area contributed by atoms with Crippen molar-refractivity contribution < 1.29 is 9.90 Å². The average Bonchev–Trinajstić information content (AvgIpc) is 2.41. The molecule has 3 nitrogen and oxygen atoms in total. The molecule has 0 fully saturated rings. The van der Waals surface area contributed by atoms with E-state index in [0.717, 1.165) is 29.7 Å². The third-order valence-electron chi connectivity index (χ3n) is 4.26. The monoisotopic (exact) mass is 321 g/mol. The lowest BCUT2D eigenvalue weighted by atomic mass is 9.86. The second kappa shape index (κ2) is 6.33. The van der Waals surface area contributed by atoms with Crippen molar-refractivity contribution in [2.75, 3.05) is 4.90 Å². The van der Waals surface area contributed by atoms with Crippen LogP contribution in [0, 0.1) is 0 Å². The van der Waals surface area contributed by atoms with Crippen LogP contribution in [-0.2, 0) is 4.79 Å². The molecule has 0 spiro atoms. The molecule has 1 aliphatic heterocycles. The van der Waals surface area contributed by atoms with Gasteiger partial charge in [0.1, 0.15) is 6.04 Å². The van der Waals surface area contributed by atoms with E-state index in [2.05, 4.69) is 33.8 Å². The number of carboxylic acid groups (broad SMARTS) is 1. The van der Waals surface area contributed by atoms with Gasteiger partial charge in [-0.25, -0.2) is 4.79 Å². The van der Waals surface area contributed by atoms with Crippen LogP contribution in [0.1, 0.15) is 52.5 Å². The number of benzene rings is 1. The number of allylic oxidation sites excluding steroid dienone is 1. The number of carbonyl (C=O) groups is 1. The summed E-state index contributed by atoms with van der Waals surface area (Å²) in [7, 11) is 0. The van der Waals surface area contributed by atoms with Crippen LogP contribution in [0.3, 0.4) is 0 Å². The highest BCUT2D eigenvalue weighted by molar-refractivity contribution is 6.30. The maximum absolute atomic E-state index is 11.9. The summed E-state index contributed by atoms with van der Waals surface area (Å²) in [5.41, 5.74) is 2.77. The average molecular weight is 322 g/mol. The highest BCUT2D eigenvalue weighted by Gasteiger charge is 2.38. The highest BCUT2D eigenvalue weighted by atomic mass is 35.5. The van der Waals surface area contributed by atoms with E-state index < -0.39 is 12.0 Å². The Kier molecular flexibility index (Phi) is 4.86. The van der Waals surface area contributed by atoms with Crippen molar-refractivity contribution >= 4 is 28.8 Å². The molecular weight excluding hydrogens is 298 g/mol. The number of fused-ring (bicyclic) bond motifs is 1. The van der Waals surface area contributed by atoms with Crippen molar-refractivity contribution in [3.63, 3.8) is 0 Å². The Balaban J connectivity index is 2.55. The molecule has 0 aliphatic carbocycles. The second-order valence-electron chi connectivity index (χ2n) is 6.51. The summed E-state index contributed by atoms with van der Waals surface area (Å²) < 4.78 is 0. The zero-order valence-corrected chi connectivity index (χ0v) is 14.4. The summed E-state index contributed by atoms with van der Waals surface area (Å²) in [6.07, 6.45) is 4.66. The fourth-order valence-electron chi connectivity index (χ4n) is 3.35. The predicted molar refractivity (Wildman–Crippen MR) is 92.6 cm³/mol. The fraction of sp³-hybridized carbons (Fsp3) is 0.500. The van der Waals surface area contributed by atoms with Gasteiger partial charge >= 0.3 is 5.97 Å². The first-order chi connectivity index (χ1) is 10.3. The molecule has 4 heteroatoms.